The van der Waals surface area contributed by atoms with Gasteiger partial charge in [0, 0.05) is 24.3 Å². The molecule has 1 aliphatic heterocycles. The average Bonchev–Trinajstić information content (AvgIpc) is 3.31. The summed E-state index contributed by atoms with van der Waals surface area (Å²) in [6, 6.07) is 16.3. The number of nitrogens with one attached hydrogen (secondary N) is 1. The molecule has 1 saturated heterocycles. The summed E-state index contributed by atoms with van der Waals surface area (Å²) >= 11 is 0.890. The minimum absolute atomic E-state index is 0.0974. The molecule has 0 spiro atoms. The summed E-state index contributed by atoms with van der Waals surface area (Å²) in [5, 5.41) is 6.85. The fraction of sp³-hybridized carbons (Fsp3) is 0.200. The van der Waals surface area contributed by atoms with Gasteiger partial charge in [0.25, 0.3) is 17.1 Å². The van der Waals surface area contributed by atoms with Crippen molar-refractivity contribution >= 4 is 34.9 Å². The van der Waals surface area contributed by atoms with E-state index >= 15 is 0 Å². The van der Waals surface area contributed by atoms with Crippen LogP contribution in [0.4, 0.5) is 4.79 Å². The summed E-state index contributed by atoms with van der Waals surface area (Å²) in [4.78, 5) is 39.0. The molecule has 8 nitrogen and oxygen atoms in total. The largest absolute Gasteiger partial charge is 0.497 e. The van der Waals surface area contributed by atoms with Crippen molar-refractivity contribution < 1.29 is 19.1 Å². The Bertz CT molecular complexity index is 1260. The van der Waals surface area contributed by atoms with E-state index in [-0.39, 0.29) is 30.1 Å². The minimum atomic E-state index is -0.366. The van der Waals surface area contributed by atoms with Gasteiger partial charge in [-0.15, -0.1) is 0 Å². The van der Waals surface area contributed by atoms with Crippen LogP contribution < -0.4 is 10.1 Å². The zero-order valence-corrected chi connectivity index (χ0v) is 19.9. The lowest BCUT2D eigenvalue weighted by Gasteiger charge is -2.13. The van der Waals surface area contributed by atoms with E-state index in [9.17, 15) is 14.4 Å². The van der Waals surface area contributed by atoms with Crippen LogP contribution in [0.15, 0.2) is 59.5 Å². The van der Waals surface area contributed by atoms with Gasteiger partial charge >= 0.3 is 0 Å². The van der Waals surface area contributed by atoms with Gasteiger partial charge in [0.2, 0.25) is 0 Å². The molecular weight excluding hydrogens is 452 g/mol. The number of hydrogen-bond acceptors (Lipinski definition) is 6. The van der Waals surface area contributed by atoms with E-state index in [4.69, 9.17) is 4.74 Å². The van der Waals surface area contributed by atoms with Crippen LogP contribution in [0.3, 0.4) is 0 Å². The molecule has 0 unspecified atom stereocenters. The Labute approximate surface area is 201 Å². The number of imide groups is 1. The van der Waals surface area contributed by atoms with Gasteiger partial charge in [0.15, 0.2) is 0 Å². The second-order valence-corrected chi connectivity index (χ2v) is 8.74. The molecule has 1 aromatic heterocycles. The maximum atomic E-state index is 12.7. The van der Waals surface area contributed by atoms with Crippen molar-refractivity contribution in [3.05, 3.63) is 82.0 Å². The second kappa shape index (κ2) is 9.96. The lowest BCUT2D eigenvalue weighted by molar-refractivity contribution is -0.122. The number of ether oxygens (including phenoxy) is 1. The smallest absolute Gasteiger partial charge is 0.293 e. The summed E-state index contributed by atoms with van der Waals surface area (Å²) < 4.78 is 6.94. The van der Waals surface area contributed by atoms with Crippen molar-refractivity contribution in [2.45, 2.75) is 13.8 Å². The molecule has 1 N–H and O–H groups in total. The highest BCUT2D eigenvalue weighted by atomic mass is 32.2. The highest BCUT2D eigenvalue weighted by molar-refractivity contribution is 8.18. The molecule has 9 heteroatoms. The van der Waals surface area contributed by atoms with Gasteiger partial charge in [0.1, 0.15) is 5.75 Å². The first kappa shape index (κ1) is 23.3. The van der Waals surface area contributed by atoms with Crippen LogP contribution in [0.1, 0.15) is 27.3 Å². The molecule has 4 rings (SSSR count). The number of rotatable bonds is 7. The first-order chi connectivity index (χ1) is 16.4. The van der Waals surface area contributed by atoms with Crippen LogP contribution in [-0.4, -0.2) is 51.9 Å². The summed E-state index contributed by atoms with van der Waals surface area (Å²) in [7, 11) is 1.58. The van der Waals surface area contributed by atoms with E-state index in [1.165, 1.54) is 0 Å². The molecule has 2 heterocycles. The normalized spacial score (nSPS) is 14.7. The van der Waals surface area contributed by atoms with E-state index in [1.54, 1.807) is 37.5 Å². The SMILES string of the molecule is COc1ccc(C=C2SC(=O)N(CCNC(=O)c3ccc(-n4nc(C)cc4C)cc3)C2=O)cc1. The third kappa shape index (κ3) is 5.04. The van der Waals surface area contributed by atoms with Gasteiger partial charge in [-0.05, 0) is 79.7 Å². The standard InChI is InChI=1S/C25H24N4O4S/c1-16-14-17(2)29(27-16)20-8-6-19(7-9-20)23(30)26-12-13-28-24(31)22(34-25(28)32)15-18-4-10-21(33-3)11-5-18/h4-11,14-15H,12-13H2,1-3H3,(H,26,30). The summed E-state index contributed by atoms with van der Waals surface area (Å²) in [6.45, 7) is 4.15. The third-order valence-electron chi connectivity index (χ3n) is 5.29. The molecule has 0 saturated carbocycles. The van der Waals surface area contributed by atoms with Crippen LogP contribution in [0.25, 0.3) is 11.8 Å². The Morgan fingerprint density at radius 1 is 1.09 bits per heavy atom. The molecule has 0 aliphatic carbocycles. The molecule has 0 radical (unpaired) electrons. The van der Waals surface area contributed by atoms with Crippen molar-refractivity contribution in [1.82, 2.24) is 20.0 Å². The molecule has 0 bridgehead atoms. The number of thioether (sulfide) groups is 1. The Hall–Kier alpha value is -3.85. The summed E-state index contributed by atoms with van der Waals surface area (Å²) in [6.07, 6.45) is 1.67. The maximum Gasteiger partial charge on any atom is 0.293 e. The maximum absolute atomic E-state index is 12.7. The van der Waals surface area contributed by atoms with Gasteiger partial charge in [-0.2, -0.15) is 5.10 Å². The van der Waals surface area contributed by atoms with E-state index in [1.807, 2.05) is 48.9 Å². The molecule has 174 valence electrons. The lowest BCUT2D eigenvalue weighted by atomic mass is 10.2. The quantitative estimate of drug-likeness (QED) is 0.519. The van der Waals surface area contributed by atoms with E-state index in [0.717, 1.165) is 39.3 Å². The molecule has 3 aromatic rings. The Balaban J connectivity index is 1.33. The monoisotopic (exact) mass is 476 g/mol. The van der Waals surface area contributed by atoms with Gasteiger partial charge in [-0.3, -0.25) is 19.3 Å². The number of hydrogen-bond donors (Lipinski definition) is 1. The average molecular weight is 477 g/mol. The first-order valence-corrected chi connectivity index (χ1v) is 11.5. The number of aryl methyl sites for hydroxylation is 2. The zero-order chi connectivity index (χ0) is 24.2. The zero-order valence-electron chi connectivity index (χ0n) is 19.1. The predicted molar refractivity (Wildman–Crippen MR) is 131 cm³/mol. The van der Waals surface area contributed by atoms with Crippen molar-refractivity contribution in [2.24, 2.45) is 0 Å². The number of amides is 3. The Kier molecular flexibility index (Phi) is 6.83. The highest BCUT2D eigenvalue weighted by Gasteiger charge is 2.34. The van der Waals surface area contributed by atoms with Crippen molar-refractivity contribution in [3.63, 3.8) is 0 Å². The van der Waals surface area contributed by atoms with Crippen molar-refractivity contribution in [3.8, 4) is 11.4 Å². The first-order valence-electron chi connectivity index (χ1n) is 10.7. The number of carbonyl (C=O) groups excluding carboxylic acids is 3. The van der Waals surface area contributed by atoms with Gasteiger partial charge in [0.05, 0.1) is 23.4 Å². The van der Waals surface area contributed by atoms with Gasteiger partial charge < -0.3 is 10.1 Å². The second-order valence-electron chi connectivity index (χ2n) is 7.75. The van der Waals surface area contributed by atoms with Crippen LogP contribution in [0, 0.1) is 13.8 Å². The van der Waals surface area contributed by atoms with Crippen LogP contribution in [0.2, 0.25) is 0 Å². The molecule has 0 atom stereocenters. The highest BCUT2D eigenvalue weighted by Crippen LogP contribution is 2.32. The number of carbonyl (C=O) groups is 3. The van der Waals surface area contributed by atoms with Crippen molar-refractivity contribution in [2.75, 3.05) is 20.2 Å². The Morgan fingerprint density at radius 3 is 2.41 bits per heavy atom. The van der Waals surface area contributed by atoms with Gasteiger partial charge in [-0.25, -0.2) is 4.68 Å². The molecule has 34 heavy (non-hydrogen) atoms. The molecule has 1 fully saturated rings. The minimum Gasteiger partial charge on any atom is -0.497 e. The van der Waals surface area contributed by atoms with Crippen LogP contribution in [0.5, 0.6) is 5.75 Å². The lowest BCUT2D eigenvalue weighted by Crippen LogP contribution is -2.37. The number of methoxy groups -OCH3 is 1. The summed E-state index contributed by atoms with van der Waals surface area (Å²) in [5.74, 6) is 0.0669. The predicted octanol–water partition coefficient (Wildman–Crippen LogP) is 3.96. The topological polar surface area (TPSA) is 93.5 Å². The number of aromatic nitrogens is 2. The number of benzene rings is 2. The fourth-order valence-electron chi connectivity index (χ4n) is 3.57. The van der Waals surface area contributed by atoms with E-state index in [2.05, 4.69) is 10.4 Å². The van der Waals surface area contributed by atoms with E-state index < -0.39 is 0 Å². The van der Waals surface area contributed by atoms with Crippen LogP contribution >= 0.6 is 11.8 Å². The molecular formula is C25H24N4O4S. The molecule has 1 aliphatic rings. The molecule has 3 amide bonds. The van der Waals surface area contributed by atoms with Gasteiger partial charge in [-0.1, -0.05) is 12.1 Å². The number of nitrogens with zero attached hydrogens (tertiary/aromatic N) is 3. The van der Waals surface area contributed by atoms with Crippen molar-refractivity contribution in [1.29, 1.82) is 0 Å². The Morgan fingerprint density at radius 2 is 1.79 bits per heavy atom. The fourth-order valence-corrected chi connectivity index (χ4v) is 4.44. The van der Waals surface area contributed by atoms with E-state index in [0.29, 0.717) is 16.2 Å². The third-order valence-corrected chi connectivity index (χ3v) is 6.20. The molecule has 2 aromatic carbocycles. The van der Waals surface area contributed by atoms with Crippen LogP contribution in [-0.2, 0) is 4.79 Å². The summed E-state index contributed by atoms with van der Waals surface area (Å²) in [5.41, 5.74) is 4.07.